The zero-order valence-corrected chi connectivity index (χ0v) is 26.1. The van der Waals surface area contributed by atoms with Gasteiger partial charge in [-0.1, -0.05) is 0 Å². The average molecular weight is 571 g/mol. The van der Waals surface area contributed by atoms with E-state index in [4.69, 9.17) is 0 Å². The molecule has 3 aromatic carbocycles. The number of rotatable bonds is 6. The third-order valence-electron chi connectivity index (χ3n) is 7.44. The third kappa shape index (κ3) is 5.98. The number of nitrogens with one attached hydrogen (secondary N) is 1. The first kappa shape index (κ1) is 30.3. The fraction of sp³-hybridized carbons (Fsp3) is 0.233. The van der Waals surface area contributed by atoms with Gasteiger partial charge in [-0.15, -0.1) is 0 Å². The van der Waals surface area contributed by atoms with Crippen molar-refractivity contribution in [1.29, 1.82) is 0 Å². The molecular weight excluding hydrogens is 537 g/mol. The van der Waals surface area contributed by atoms with E-state index in [1.54, 1.807) is 3.88 Å². The number of benzene rings is 3. The smallest absolute Gasteiger partial charge is 1.00 e. The molecule has 0 saturated carbocycles. The van der Waals surface area contributed by atoms with Gasteiger partial charge in [-0.2, -0.15) is 0 Å². The monoisotopic (exact) mass is 570 g/mol. The third-order valence-corrected chi connectivity index (χ3v) is 20.8. The van der Waals surface area contributed by atoms with E-state index in [1.807, 2.05) is 32.0 Å². The number of carbonyl (C=O) groups excluding carboxylic acids is 1. The van der Waals surface area contributed by atoms with Gasteiger partial charge < -0.3 is 24.8 Å². The molecule has 0 radical (unpaired) electrons. The van der Waals surface area contributed by atoms with Gasteiger partial charge in [0.1, 0.15) is 0 Å². The zero-order valence-electron chi connectivity index (χ0n) is 21.8. The van der Waals surface area contributed by atoms with Crippen LogP contribution in [-0.2, 0) is 17.4 Å². The molecule has 0 saturated heterocycles. The first-order valence-electron chi connectivity index (χ1n) is 12.0. The molecule has 0 bridgehead atoms. The predicted molar refractivity (Wildman–Crippen MR) is 143 cm³/mol. The van der Waals surface area contributed by atoms with Crippen molar-refractivity contribution in [3.63, 3.8) is 0 Å². The van der Waals surface area contributed by atoms with E-state index in [2.05, 4.69) is 92.2 Å². The van der Waals surface area contributed by atoms with Crippen LogP contribution in [-0.4, -0.2) is 12.6 Å². The Morgan fingerprint density at radius 2 is 1.19 bits per heavy atom. The minimum absolute atomic E-state index is 0. The molecule has 2 nitrogen and oxygen atoms in total. The molecule has 0 fully saturated rings. The number of carbonyl (C=O) groups is 1. The zero-order chi connectivity index (χ0) is 24.4. The van der Waals surface area contributed by atoms with E-state index in [0.717, 1.165) is 16.7 Å². The maximum absolute atomic E-state index is 13.9. The van der Waals surface area contributed by atoms with Crippen molar-refractivity contribution in [3.8, 4) is 0 Å². The molecule has 3 aromatic rings. The first-order valence-corrected chi connectivity index (χ1v) is 18.0. The molecule has 4 rings (SSSR count). The maximum Gasteiger partial charge on any atom is -1.00 e. The summed E-state index contributed by atoms with van der Waals surface area (Å²) in [7, 11) is 0. The van der Waals surface area contributed by atoms with Gasteiger partial charge in [0.15, 0.2) is 0 Å². The summed E-state index contributed by atoms with van der Waals surface area (Å²) in [5.74, 6) is 0.486. The summed E-state index contributed by atoms with van der Waals surface area (Å²) in [5.41, 5.74) is 7.19. The van der Waals surface area contributed by atoms with Crippen molar-refractivity contribution >= 4 is 22.9 Å². The van der Waals surface area contributed by atoms with E-state index in [-0.39, 0.29) is 30.7 Å². The second-order valence-corrected chi connectivity index (χ2v) is 19.3. The van der Waals surface area contributed by atoms with Crippen LogP contribution < -0.4 is 39.0 Å². The quantitative estimate of drug-likeness (QED) is 0.393. The summed E-state index contributed by atoms with van der Waals surface area (Å²) in [6, 6.07) is 28.0. The minimum atomic E-state index is -2.32. The normalized spacial score (nSPS) is 14.9. The Balaban J connectivity index is 0.00000228. The number of aryl methyl sites for hydroxylation is 2. The van der Waals surface area contributed by atoms with E-state index < -0.39 is 24.0 Å². The number of amides is 1. The van der Waals surface area contributed by atoms with Gasteiger partial charge in [-0.05, 0) is 0 Å². The summed E-state index contributed by atoms with van der Waals surface area (Å²) >= 11 is -2.32. The molecule has 1 amide bonds. The molecular formula is C30H34Cl2NOSiTi. The van der Waals surface area contributed by atoms with Crippen molar-refractivity contribution in [2.24, 2.45) is 5.92 Å². The fourth-order valence-electron chi connectivity index (χ4n) is 5.27. The van der Waals surface area contributed by atoms with Crippen molar-refractivity contribution in [2.75, 3.05) is 0 Å². The van der Waals surface area contributed by atoms with Gasteiger partial charge in [0.05, 0.1) is 0 Å². The van der Waals surface area contributed by atoms with Crippen LogP contribution in [0.5, 0.6) is 0 Å². The number of halogens is 2. The predicted octanol–water partition coefficient (Wildman–Crippen LogP) is -0.627. The van der Waals surface area contributed by atoms with Crippen molar-refractivity contribution < 1.29 is 47.0 Å². The van der Waals surface area contributed by atoms with E-state index >= 15 is 0 Å². The van der Waals surface area contributed by atoms with E-state index in [9.17, 15) is 4.79 Å². The Bertz CT molecular complexity index is 1210. The van der Waals surface area contributed by atoms with Crippen LogP contribution >= 0.6 is 0 Å². The van der Waals surface area contributed by atoms with E-state index in [1.165, 1.54) is 27.1 Å². The Morgan fingerprint density at radius 3 is 1.61 bits per heavy atom. The molecule has 36 heavy (non-hydrogen) atoms. The summed E-state index contributed by atoms with van der Waals surface area (Å²) in [6.07, 6.45) is 0. The SMILES string of the molecule is CC1=C(C)C(C)[C]([Ti+2]([NH]C(=O)c2c(C)cccc2C)[SiH](c2ccccc2)c2ccccc2)=C1C.[Cl-].[Cl-]. The van der Waals surface area contributed by atoms with Crippen LogP contribution in [0, 0.1) is 19.8 Å². The van der Waals surface area contributed by atoms with Gasteiger partial charge in [-0.3, -0.25) is 0 Å². The Kier molecular flexibility index (Phi) is 11.0. The molecule has 1 unspecified atom stereocenters. The molecule has 0 aromatic heterocycles. The van der Waals surface area contributed by atoms with Crippen LogP contribution in [0.1, 0.15) is 49.2 Å². The van der Waals surface area contributed by atoms with Crippen LogP contribution in [0.25, 0.3) is 0 Å². The van der Waals surface area contributed by atoms with Crippen molar-refractivity contribution in [1.82, 2.24) is 3.80 Å². The second kappa shape index (κ2) is 13.1. The van der Waals surface area contributed by atoms with Crippen LogP contribution in [0.2, 0.25) is 0 Å². The summed E-state index contributed by atoms with van der Waals surface area (Å²) in [4.78, 5) is 13.9. The van der Waals surface area contributed by atoms with Crippen molar-refractivity contribution in [2.45, 2.75) is 41.5 Å². The summed E-state index contributed by atoms with van der Waals surface area (Å²) in [6.45, 7) is 11.5. The second-order valence-electron chi connectivity index (χ2n) is 9.46. The van der Waals surface area contributed by atoms with Crippen LogP contribution in [0.4, 0.5) is 0 Å². The fourth-order valence-corrected chi connectivity index (χ4v) is 20.3. The molecule has 0 spiro atoms. The molecule has 187 valence electrons. The standard InChI is InChI=1S/C12H11Si.C9H11NO.C9H13.2ClH.Ti/c1-3-7-11(8-4-1)13-12-9-5-2-6-10-12;1-6-4-3-5-7(2)8(6)9(10)11;1-6-5-7(2)9(4)8(6)3;;;/h1-10,13H;3-5H,1-2H3,(H2,10,11);6H,1-4H3;2*1H;/q;;;;;+3/p-3. The van der Waals surface area contributed by atoms with Gasteiger partial charge >= 0.3 is 213 Å². The molecule has 1 aliphatic rings. The molecule has 1 N–H and O–H groups in total. The largest absolute Gasteiger partial charge is 1.00 e. The Morgan fingerprint density at radius 1 is 0.722 bits per heavy atom. The van der Waals surface area contributed by atoms with Crippen LogP contribution in [0.15, 0.2) is 99.5 Å². The summed E-state index contributed by atoms with van der Waals surface area (Å²) in [5, 5.41) is 2.83. The average Bonchev–Trinajstić information content (AvgIpc) is 3.02. The molecule has 0 heterocycles. The molecule has 1 atom stereocenters. The summed E-state index contributed by atoms with van der Waals surface area (Å²) < 4.78 is 5.30. The van der Waals surface area contributed by atoms with Gasteiger partial charge in [-0.25, -0.2) is 0 Å². The van der Waals surface area contributed by atoms with Gasteiger partial charge in [0.25, 0.3) is 0 Å². The molecule has 1 aliphatic carbocycles. The molecule has 0 aliphatic heterocycles. The Labute approximate surface area is 236 Å². The van der Waals surface area contributed by atoms with Gasteiger partial charge in [0.2, 0.25) is 0 Å². The first-order chi connectivity index (χ1) is 16.3. The van der Waals surface area contributed by atoms with Crippen LogP contribution in [0.3, 0.4) is 0 Å². The minimum Gasteiger partial charge on any atom is -1.00 e. The number of hydrogen-bond acceptors (Lipinski definition) is 1. The number of allylic oxidation sites excluding steroid dienone is 4. The van der Waals surface area contributed by atoms with E-state index in [0.29, 0.717) is 5.92 Å². The van der Waals surface area contributed by atoms with Gasteiger partial charge in [0, 0.05) is 0 Å². The topological polar surface area (TPSA) is 29.1 Å². The number of hydrogen-bond donors (Lipinski definition) is 1. The maximum atomic E-state index is 13.9. The Hall–Kier alpha value is -1.88. The van der Waals surface area contributed by atoms with Crippen molar-refractivity contribution in [3.05, 3.63) is 116 Å². The molecule has 6 heteroatoms.